The first-order valence-electron chi connectivity index (χ1n) is 5.38. The summed E-state index contributed by atoms with van der Waals surface area (Å²) in [5.41, 5.74) is 5.66. The minimum absolute atomic E-state index is 0.0727. The van der Waals surface area contributed by atoms with Crippen molar-refractivity contribution in [3.05, 3.63) is 0 Å². The number of nitrogens with one attached hydrogen (secondary N) is 1. The van der Waals surface area contributed by atoms with Crippen LogP contribution in [0.25, 0.3) is 0 Å². The van der Waals surface area contributed by atoms with E-state index in [0.717, 1.165) is 6.42 Å². The molecule has 0 bridgehead atoms. The van der Waals surface area contributed by atoms with Crippen LogP contribution in [-0.2, 0) is 9.53 Å². The highest BCUT2D eigenvalue weighted by atomic mass is 19.3. The topological polar surface area (TPSA) is 64.4 Å². The van der Waals surface area contributed by atoms with Crippen LogP contribution < -0.4 is 11.1 Å². The molecule has 0 spiro atoms. The van der Waals surface area contributed by atoms with Gasteiger partial charge in [-0.1, -0.05) is 20.3 Å². The molecule has 0 aromatic carbocycles. The van der Waals surface area contributed by atoms with Crippen molar-refractivity contribution >= 4 is 5.91 Å². The number of carbonyl (C=O) groups is 1. The van der Waals surface area contributed by atoms with E-state index in [9.17, 15) is 13.6 Å². The fraction of sp³-hybridized carbons (Fsp3) is 0.900. The molecule has 96 valence electrons. The Labute approximate surface area is 94.5 Å². The maximum atomic E-state index is 11.7. The third kappa shape index (κ3) is 6.68. The summed E-state index contributed by atoms with van der Waals surface area (Å²) in [6.45, 7) is 3.51. The van der Waals surface area contributed by atoms with Gasteiger partial charge >= 0.3 is 0 Å². The summed E-state index contributed by atoms with van der Waals surface area (Å²) in [5.74, 6) is -0.169. The normalized spacial score (nSPS) is 14.9. The first-order valence-corrected chi connectivity index (χ1v) is 5.38. The van der Waals surface area contributed by atoms with Gasteiger partial charge in [0.15, 0.2) is 0 Å². The van der Waals surface area contributed by atoms with Gasteiger partial charge in [-0.15, -0.1) is 0 Å². The predicted octanol–water partition coefficient (Wildman–Crippen LogP) is 0.758. The van der Waals surface area contributed by atoms with E-state index in [1.54, 1.807) is 0 Å². The highest BCUT2D eigenvalue weighted by Crippen LogP contribution is 2.04. The van der Waals surface area contributed by atoms with Crippen molar-refractivity contribution in [2.24, 2.45) is 11.7 Å². The van der Waals surface area contributed by atoms with Gasteiger partial charge in [-0.3, -0.25) is 4.79 Å². The van der Waals surface area contributed by atoms with Gasteiger partial charge in [0.25, 0.3) is 6.43 Å². The molecule has 0 saturated carbocycles. The van der Waals surface area contributed by atoms with E-state index in [-0.39, 0.29) is 25.0 Å². The second kappa shape index (κ2) is 8.41. The van der Waals surface area contributed by atoms with Gasteiger partial charge in [-0.25, -0.2) is 8.78 Å². The summed E-state index contributed by atoms with van der Waals surface area (Å²) in [6.07, 6.45) is -1.66. The van der Waals surface area contributed by atoms with Gasteiger partial charge in [0.1, 0.15) is 6.61 Å². The van der Waals surface area contributed by atoms with Crippen LogP contribution in [0.2, 0.25) is 0 Å². The summed E-state index contributed by atoms with van der Waals surface area (Å²) < 4.78 is 27.9. The summed E-state index contributed by atoms with van der Waals surface area (Å²) in [4.78, 5) is 11.4. The molecule has 0 radical (unpaired) electrons. The molecule has 16 heavy (non-hydrogen) atoms. The molecule has 0 saturated heterocycles. The molecule has 0 aliphatic rings. The fourth-order valence-electron chi connectivity index (χ4n) is 1.05. The molecule has 0 aliphatic carbocycles. The minimum Gasteiger partial charge on any atom is -0.374 e. The molecule has 0 heterocycles. The van der Waals surface area contributed by atoms with E-state index in [0.29, 0.717) is 0 Å². The van der Waals surface area contributed by atoms with E-state index in [1.807, 2.05) is 13.8 Å². The molecule has 0 aromatic rings. The zero-order valence-corrected chi connectivity index (χ0v) is 9.71. The average molecular weight is 238 g/mol. The Morgan fingerprint density at radius 2 is 2.12 bits per heavy atom. The smallest absolute Gasteiger partial charge is 0.261 e. The molecule has 0 rings (SSSR count). The largest absolute Gasteiger partial charge is 0.374 e. The molecule has 6 heteroatoms. The third-order valence-corrected chi connectivity index (χ3v) is 2.35. The monoisotopic (exact) mass is 238 g/mol. The first-order chi connectivity index (χ1) is 7.49. The number of ether oxygens (including phenoxy) is 1. The lowest BCUT2D eigenvalue weighted by molar-refractivity contribution is -0.123. The van der Waals surface area contributed by atoms with Crippen molar-refractivity contribution in [2.45, 2.75) is 32.7 Å². The molecule has 1 amide bonds. The van der Waals surface area contributed by atoms with Crippen LogP contribution in [0.5, 0.6) is 0 Å². The Bertz CT molecular complexity index is 203. The van der Waals surface area contributed by atoms with Crippen molar-refractivity contribution in [1.29, 1.82) is 0 Å². The van der Waals surface area contributed by atoms with Crippen LogP contribution in [0, 0.1) is 5.92 Å². The minimum atomic E-state index is -2.47. The highest BCUT2D eigenvalue weighted by molar-refractivity contribution is 5.81. The van der Waals surface area contributed by atoms with E-state index in [2.05, 4.69) is 10.1 Å². The number of alkyl halides is 2. The number of amides is 1. The van der Waals surface area contributed by atoms with Crippen LogP contribution in [-0.4, -0.2) is 38.1 Å². The molecule has 0 aliphatic heterocycles. The Morgan fingerprint density at radius 1 is 1.50 bits per heavy atom. The first kappa shape index (κ1) is 15.2. The van der Waals surface area contributed by atoms with Gasteiger partial charge in [0.2, 0.25) is 5.91 Å². The van der Waals surface area contributed by atoms with E-state index in [4.69, 9.17) is 5.73 Å². The second-order valence-corrected chi connectivity index (χ2v) is 3.67. The van der Waals surface area contributed by atoms with Crippen molar-refractivity contribution in [3.63, 3.8) is 0 Å². The molecule has 2 atom stereocenters. The van der Waals surface area contributed by atoms with Crippen molar-refractivity contribution in [2.75, 3.05) is 19.8 Å². The van der Waals surface area contributed by atoms with Crippen LogP contribution in [0.15, 0.2) is 0 Å². The van der Waals surface area contributed by atoms with Crippen LogP contribution >= 0.6 is 0 Å². The molecular formula is C10H20F2N2O2. The predicted molar refractivity (Wildman–Crippen MR) is 57.3 cm³/mol. The van der Waals surface area contributed by atoms with Crippen molar-refractivity contribution in [3.8, 4) is 0 Å². The molecule has 0 aromatic heterocycles. The second-order valence-electron chi connectivity index (χ2n) is 3.67. The third-order valence-electron chi connectivity index (χ3n) is 2.35. The Kier molecular flexibility index (Phi) is 8.01. The standard InChI is InChI=1S/C10H20F2N2O2/c1-3-7(2)9(13)10(15)14-4-5-16-6-8(11)12/h7-9H,3-6,13H2,1-2H3,(H,14,15)/t7-,9-/m0/s1. The van der Waals surface area contributed by atoms with Crippen molar-refractivity contribution < 1.29 is 18.3 Å². The maximum Gasteiger partial charge on any atom is 0.261 e. The van der Waals surface area contributed by atoms with E-state index < -0.39 is 19.1 Å². The summed E-state index contributed by atoms with van der Waals surface area (Å²) in [6, 6.07) is -0.555. The average Bonchev–Trinajstić information content (AvgIpc) is 2.25. The summed E-state index contributed by atoms with van der Waals surface area (Å²) >= 11 is 0. The summed E-state index contributed by atoms with van der Waals surface area (Å²) in [7, 11) is 0. The molecule has 4 nitrogen and oxygen atoms in total. The van der Waals surface area contributed by atoms with Gasteiger partial charge in [0.05, 0.1) is 12.6 Å². The number of rotatable bonds is 8. The zero-order chi connectivity index (χ0) is 12.6. The lowest BCUT2D eigenvalue weighted by Gasteiger charge is -2.17. The highest BCUT2D eigenvalue weighted by Gasteiger charge is 2.18. The van der Waals surface area contributed by atoms with Crippen LogP contribution in [0.4, 0.5) is 8.78 Å². The lowest BCUT2D eigenvalue weighted by atomic mass is 9.99. The Balaban J connectivity index is 3.57. The molecule has 0 unspecified atom stereocenters. The quantitative estimate of drug-likeness (QED) is 0.613. The number of halogens is 2. The number of hydrogen-bond donors (Lipinski definition) is 2. The van der Waals surface area contributed by atoms with Crippen molar-refractivity contribution in [1.82, 2.24) is 5.32 Å². The van der Waals surface area contributed by atoms with Crippen LogP contribution in [0.3, 0.4) is 0 Å². The lowest BCUT2D eigenvalue weighted by Crippen LogP contribution is -2.45. The van der Waals surface area contributed by atoms with Gasteiger partial charge in [0, 0.05) is 6.54 Å². The Morgan fingerprint density at radius 3 is 2.62 bits per heavy atom. The maximum absolute atomic E-state index is 11.7. The van der Waals surface area contributed by atoms with Gasteiger partial charge in [-0.2, -0.15) is 0 Å². The van der Waals surface area contributed by atoms with E-state index in [1.165, 1.54) is 0 Å². The fourth-order valence-corrected chi connectivity index (χ4v) is 1.05. The summed E-state index contributed by atoms with van der Waals surface area (Å²) in [5, 5.41) is 2.54. The molecule has 0 fully saturated rings. The zero-order valence-electron chi connectivity index (χ0n) is 9.71. The number of nitrogens with two attached hydrogens (primary N) is 1. The van der Waals surface area contributed by atoms with Crippen LogP contribution in [0.1, 0.15) is 20.3 Å². The van der Waals surface area contributed by atoms with Gasteiger partial charge in [-0.05, 0) is 5.92 Å². The number of carbonyl (C=O) groups excluding carboxylic acids is 1. The Hall–Kier alpha value is -0.750. The SMILES string of the molecule is CC[C@H](C)[C@H](N)C(=O)NCCOCC(F)F. The molecule has 3 N–H and O–H groups in total. The van der Waals surface area contributed by atoms with Gasteiger partial charge < -0.3 is 15.8 Å². The number of hydrogen-bond acceptors (Lipinski definition) is 3. The van der Waals surface area contributed by atoms with E-state index >= 15 is 0 Å². The molecular weight excluding hydrogens is 218 g/mol.